The highest BCUT2D eigenvalue weighted by Crippen LogP contribution is 2.05. The first-order chi connectivity index (χ1) is 6.39. The molecule has 0 saturated carbocycles. The van der Waals surface area contributed by atoms with Crippen molar-refractivity contribution in [3.05, 3.63) is 23.9 Å². The standard InChI is InChI=1S/C8H13N3O2S/c1-11(2)6-7-3-4-8(10-5-7)14(9,12)13/h3-5H,6H2,1-2H3,(H2,9,12,13). The number of sulfonamides is 1. The van der Waals surface area contributed by atoms with Gasteiger partial charge in [-0.1, -0.05) is 6.07 Å². The van der Waals surface area contributed by atoms with Crippen LogP contribution in [0.4, 0.5) is 0 Å². The molecule has 0 aliphatic carbocycles. The van der Waals surface area contributed by atoms with E-state index in [2.05, 4.69) is 4.98 Å². The highest BCUT2D eigenvalue weighted by Gasteiger charge is 2.08. The van der Waals surface area contributed by atoms with Gasteiger partial charge in [-0.25, -0.2) is 18.5 Å². The van der Waals surface area contributed by atoms with Gasteiger partial charge in [0.25, 0.3) is 10.0 Å². The third kappa shape index (κ3) is 3.06. The van der Waals surface area contributed by atoms with Crippen LogP contribution in [0.3, 0.4) is 0 Å². The minimum atomic E-state index is -3.67. The van der Waals surface area contributed by atoms with Crippen LogP contribution in [0.2, 0.25) is 0 Å². The van der Waals surface area contributed by atoms with Crippen molar-refractivity contribution < 1.29 is 8.42 Å². The summed E-state index contributed by atoms with van der Waals surface area (Å²) in [6, 6.07) is 3.11. The van der Waals surface area contributed by atoms with E-state index >= 15 is 0 Å². The number of pyridine rings is 1. The normalized spacial score (nSPS) is 12.0. The molecule has 0 atom stereocenters. The maximum absolute atomic E-state index is 10.9. The molecule has 0 unspecified atom stereocenters. The summed E-state index contributed by atoms with van der Waals surface area (Å²) >= 11 is 0. The number of hydrogen-bond acceptors (Lipinski definition) is 4. The molecule has 0 saturated heterocycles. The van der Waals surface area contributed by atoms with Crippen molar-refractivity contribution in [2.75, 3.05) is 14.1 Å². The van der Waals surface area contributed by atoms with Gasteiger partial charge in [-0.3, -0.25) is 0 Å². The summed E-state index contributed by atoms with van der Waals surface area (Å²) in [5, 5.41) is 4.81. The number of nitrogens with two attached hydrogens (primary N) is 1. The van der Waals surface area contributed by atoms with Crippen LogP contribution < -0.4 is 5.14 Å². The zero-order chi connectivity index (χ0) is 10.8. The molecule has 0 spiro atoms. The zero-order valence-corrected chi connectivity index (χ0v) is 8.95. The van der Waals surface area contributed by atoms with E-state index < -0.39 is 10.0 Å². The lowest BCUT2D eigenvalue weighted by Gasteiger charge is -2.08. The van der Waals surface area contributed by atoms with Gasteiger partial charge >= 0.3 is 0 Å². The van der Waals surface area contributed by atoms with E-state index in [9.17, 15) is 8.42 Å². The van der Waals surface area contributed by atoms with Crippen molar-refractivity contribution in [1.82, 2.24) is 9.88 Å². The van der Waals surface area contributed by atoms with Crippen LogP contribution in [0.25, 0.3) is 0 Å². The third-order valence-electron chi connectivity index (χ3n) is 1.59. The van der Waals surface area contributed by atoms with Crippen LogP contribution in [-0.2, 0) is 16.6 Å². The Morgan fingerprint density at radius 3 is 2.43 bits per heavy atom. The molecule has 1 aromatic heterocycles. The fourth-order valence-corrected chi connectivity index (χ4v) is 1.50. The lowest BCUT2D eigenvalue weighted by molar-refractivity contribution is 0.401. The van der Waals surface area contributed by atoms with Crippen LogP contribution in [0.1, 0.15) is 5.56 Å². The number of aromatic nitrogens is 1. The third-order valence-corrected chi connectivity index (χ3v) is 2.41. The van der Waals surface area contributed by atoms with Crippen LogP contribution in [0.5, 0.6) is 0 Å². The number of hydrogen-bond donors (Lipinski definition) is 1. The second kappa shape index (κ2) is 4.04. The summed E-state index contributed by atoms with van der Waals surface area (Å²) in [7, 11) is 0.176. The molecular formula is C8H13N3O2S. The van der Waals surface area contributed by atoms with Gasteiger partial charge in [-0.05, 0) is 25.7 Å². The topological polar surface area (TPSA) is 76.3 Å². The molecule has 14 heavy (non-hydrogen) atoms. The molecular weight excluding hydrogens is 202 g/mol. The highest BCUT2D eigenvalue weighted by atomic mass is 32.2. The highest BCUT2D eigenvalue weighted by molar-refractivity contribution is 7.89. The lowest BCUT2D eigenvalue weighted by Crippen LogP contribution is -2.15. The minimum absolute atomic E-state index is 0.0972. The number of nitrogens with zero attached hydrogens (tertiary/aromatic N) is 2. The Bertz CT molecular complexity index is 397. The largest absolute Gasteiger partial charge is 0.305 e. The van der Waals surface area contributed by atoms with Crippen molar-refractivity contribution in [3.8, 4) is 0 Å². The van der Waals surface area contributed by atoms with E-state index in [4.69, 9.17) is 5.14 Å². The molecule has 2 N–H and O–H groups in total. The van der Waals surface area contributed by atoms with Crippen LogP contribution in [0.15, 0.2) is 23.4 Å². The summed E-state index contributed by atoms with van der Waals surface area (Å²) < 4.78 is 21.7. The van der Waals surface area contributed by atoms with Crippen LogP contribution in [-0.4, -0.2) is 32.4 Å². The molecule has 0 bridgehead atoms. The lowest BCUT2D eigenvalue weighted by atomic mass is 10.3. The summed E-state index contributed by atoms with van der Waals surface area (Å²) in [4.78, 5) is 5.73. The summed E-state index contributed by atoms with van der Waals surface area (Å²) in [6.45, 7) is 0.720. The molecule has 0 aromatic carbocycles. The maximum atomic E-state index is 10.9. The van der Waals surface area contributed by atoms with Crippen molar-refractivity contribution in [2.24, 2.45) is 5.14 Å². The Morgan fingerprint density at radius 1 is 1.43 bits per heavy atom. The van der Waals surface area contributed by atoms with E-state index in [0.29, 0.717) is 0 Å². The van der Waals surface area contributed by atoms with Gasteiger partial charge in [-0.2, -0.15) is 0 Å². The first-order valence-corrected chi connectivity index (χ1v) is 5.56. The van der Waals surface area contributed by atoms with Crippen molar-refractivity contribution >= 4 is 10.0 Å². The zero-order valence-electron chi connectivity index (χ0n) is 8.14. The Kier molecular flexibility index (Phi) is 3.20. The SMILES string of the molecule is CN(C)Cc1ccc(S(N)(=O)=O)nc1. The second-order valence-electron chi connectivity index (χ2n) is 3.29. The van der Waals surface area contributed by atoms with E-state index in [0.717, 1.165) is 12.1 Å². The molecule has 5 nitrogen and oxygen atoms in total. The van der Waals surface area contributed by atoms with Crippen molar-refractivity contribution in [3.63, 3.8) is 0 Å². The number of primary sulfonamides is 1. The predicted molar refractivity (Wildman–Crippen MR) is 53.0 cm³/mol. The summed E-state index contributed by atoms with van der Waals surface area (Å²) in [5.41, 5.74) is 0.947. The Labute approximate surface area is 83.6 Å². The smallest absolute Gasteiger partial charge is 0.255 e. The maximum Gasteiger partial charge on any atom is 0.255 e. The monoisotopic (exact) mass is 215 g/mol. The van der Waals surface area contributed by atoms with Crippen molar-refractivity contribution in [1.29, 1.82) is 0 Å². The van der Waals surface area contributed by atoms with Gasteiger partial charge in [0.05, 0.1) is 0 Å². The minimum Gasteiger partial charge on any atom is -0.305 e. The summed E-state index contributed by atoms with van der Waals surface area (Å²) in [6.07, 6.45) is 1.51. The molecule has 1 aromatic rings. The van der Waals surface area contributed by atoms with E-state index in [1.165, 1.54) is 12.3 Å². The molecule has 0 aliphatic heterocycles. The van der Waals surface area contributed by atoms with Crippen LogP contribution in [0, 0.1) is 0 Å². The molecule has 6 heteroatoms. The average Bonchev–Trinajstić information content (AvgIpc) is 2.02. The molecule has 0 fully saturated rings. The van der Waals surface area contributed by atoms with Gasteiger partial charge in [0, 0.05) is 12.7 Å². The van der Waals surface area contributed by atoms with Gasteiger partial charge in [0.15, 0.2) is 5.03 Å². The second-order valence-corrected chi connectivity index (χ2v) is 4.80. The predicted octanol–water partition coefficient (Wildman–Crippen LogP) is -0.209. The molecule has 0 aliphatic rings. The van der Waals surface area contributed by atoms with Gasteiger partial charge in [0.1, 0.15) is 0 Å². The Balaban J connectivity index is 2.90. The Morgan fingerprint density at radius 2 is 2.07 bits per heavy atom. The first kappa shape index (κ1) is 11.1. The number of rotatable bonds is 3. The van der Waals surface area contributed by atoms with E-state index in [1.807, 2.05) is 19.0 Å². The van der Waals surface area contributed by atoms with Gasteiger partial charge in [0.2, 0.25) is 0 Å². The summed E-state index contributed by atoms with van der Waals surface area (Å²) in [5.74, 6) is 0. The fourth-order valence-electron chi connectivity index (χ4n) is 1.04. The quantitative estimate of drug-likeness (QED) is 0.757. The van der Waals surface area contributed by atoms with Gasteiger partial charge < -0.3 is 4.90 Å². The Hall–Kier alpha value is -0.980. The molecule has 1 heterocycles. The molecule has 0 amide bonds. The fraction of sp³-hybridized carbons (Fsp3) is 0.375. The molecule has 0 radical (unpaired) electrons. The van der Waals surface area contributed by atoms with E-state index in [-0.39, 0.29) is 5.03 Å². The average molecular weight is 215 g/mol. The van der Waals surface area contributed by atoms with Crippen molar-refractivity contribution in [2.45, 2.75) is 11.6 Å². The molecule has 78 valence electrons. The van der Waals surface area contributed by atoms with Crippen LogP contribution >= 0.6 is 0 Å². The first-order valence-electron chi connectivity index (χ1n) is 4.02. The molecule has 1 rings (SSSR count). The van der Waals surface area contributed by atoms with Gasteiger partial charge in [-0.15, -0.1) is 0 Å². The van der Waals surface area contributed by atoms with E-state index in [1.54, 1.807) is 6.07 Å².